The number of urea groups is 1. The Morgan fingerprint density at radius 3 is 2.50 bits per heavy atom. The Morgan fingerprint density at radius 2 is 1.75 bits per heavy atom. The molecule has 7 heteroatoms. The number of nitrogens with zero attached hydrogens (tertiary/aromatic N) is 2. The number of anilines is 2. The minimum Gasteiger partial charge on any atom is -0.371 e. The van der Waals surface area contributed by atoms with Gasteiger partial charge in [-0.15, -0.1) is 0 Å². The molecule has 6 nitrogen and oxygen atoms in total. The summed E-state index contributed by atoms with van der Waals surface area (Å²) in [6.45, 7) is 1.32. The summed E-state index contributed by atoms with van der Waals surface area (Å²) in [5.41, 5.74) is 1.81. The minimum absolute atomic E-state index is 0.166. The zero-order valence-corrected chi connectivity index (χ0v) is 15.9. The lowest BCUT2D eigenvalue weighted by molar-refractivity contribution is -0.122. The second-order valence-electron chi connectivity index (χ2n) is 7.34. The first-order valence-corrected chi connectivity index (χ1v) is 9.69. The van der Waals surface area contributed by atoms with Crippen molar-refractivity contribution < 1.29 is 9.59 Å². The number of nitrogens with one attached hydrogen (secondary N) is 2. The molecule has 142 valence electrons. The van der Waals surface area contributed by atoms with Crippen LogP contribution in [0.15, 0.2) is 54.7 Å². The van der Waals surface area contributed by atoms with Crippen molar-refractivity contribution >= 4 is 45.8 Å². The molecule has 0 atom stereocenters. The van der Waals surface area contributed by atoms with Gasteiger partial charge in [-0.05, 0) is 43.2 Å². The molecule has 2 saturated heterocycles. The summed E-state index contributed by atoms with van der Waals surface area (Å²) >= 11 is 6.29. The number of para-hydroxylation sites is 1. The fourth-order valence-corrected chi connectivity index (χ4v) is 4.49. The fraction of sp³-hybridized carbons (Fsp3) is 0.238. The van der Waals surface area contributed by atoms with Crippen molar-refractivity contribution in [1.82, 2.24) is 10.3 Å². The number of carbonyl (C=O) groups is 2. The third-order valence-corrected chi connectivity index (χ3v) is 5.96. The number of benzene rings is 2. The number of aromatic nitrogens is 1. The van der Waals surface area contributed by atoms with E-state index in [9.17, 15) is 9.59 Å². The second-order valence-corrected chi connectivity index (χ2v) is 7.78. The summed E-state index contributed by atoms with van der Waals surface area (Å²) < 4.78 is 0. The van der Waals surface area contributed by atoms with E-state index in [0.29, 0.717) is 36.6 Å². The van der Waals surface area contributed by atoms with Gasteiger partial charge in [0.1, 0.15) is 5.54 Å². The molecule has 0 bridgehead atoms. The van der Waals surface area contributed by atoms with Gasteiger partial charge in [-0.2, -0.15) is 0 Å². The van der Waals surface area contributed by atoms with E-state index in [1.54, 1.807) is 12.1 Å². The highest BCUT2D eigenvalue weighted by atomic mass is 35.5. The Bertz CT molecular complexity index is 1070. The standard InChI is InChI=1S/C21H19ClN4O2/c22-14-12-17-16(6-9-23-17)18(13-14)25-10-7-21(8-11-25)19(27)26(20(28)24-21)15-4-2-1-3-5-15/h1-6,9,12-13,23H,7-8,10-11H2,(H,24,28). The maximum absolute atomic E-state index is 13.2. The Morgan fingerprint density at radius 1 is 1.00 bits per heavy atom. The Kier molecular flexibility index (Phi) is 3.84. The summed E-state index contributed by atoms with van der Waals surface area (Å²) in [6, 6.07) is 14.6. The third-order valence-electron chi connectivity index (χ3n) is 5.75. The molecule has 2 aliphatic heterocycles. The molecular weight excluding hydrogens is 376 g/mol. The van der Waals surface area contributed by atoms with Crippen molar-refractivity contribution in [2.24, 2.45) is 0 Å². The largest absolute Gasteiger partial charge is 0.371 e. The minimum atomic E-state index is -0.834. The van der Waals surface area contributed by atoms with Gasteiger partial charge in [0.15, 0.2) is 0 Å². The summed E-state index contributed by atoms with van der Waals surface area (Å²) in [4.78, 5) is 32.4. The first-order valence-electron chi connectivity index (χ1n) is 9.31. The first-order chi connectivity index (χ1) is 13.6. The molecule has 0 unspecified atom stereocenters. The number of imide groups is 1. The lowest BCUT2D eigenvalue weighted by Crippen LogP contribution is -2.55. The van der Waals surface area contributed by atoms with E-state index in [0.717, 1.165) is 16.6 Å². The van der Waals surface area contributed by atoms with Crippen LogP contribution in [0.5, 0.6) is 0 Å². The van der Waals surface area contributed by atoms with Crippen molar-refractivity contribution in [3.8, 4) is 0 Å². The van der Waals surface area contributed by atoms with Crippen LogP contribution in [0, 0.1) is 0 Å². The quantitative estimate of drug-likeness (QED) is 0.647. The van der Waals surface area contributed by atoms with Gasteiger partial charge in [-0.1, -0.05) is 29.8 Å². The van der Waals surface area contributed by atoms with Crippen molar-refractivity contribution in [1.29, 1.82) is 0 Å². The summed E-state index contributed by atoms with van der Waals surface area (Å²) in [5, 5.41) is 4.74. The number of hydrogen-bond donors (Lipinski definition) is 2. The number of carbonyl (C=O) groups excluding carboxylic acids is 2. The van der Waals surface area contributed by atoms with Gasteiger partial charge < -0.3 is 15.2 Å². The number of amides is 3. The topological polar surface area (TPSA) is 68.4 Å². The second kappa shape index (κ2) is 6.27. The van der Waals surface area contributed by atoms with E-state index in [2.05, 4.69) is 15.2 Å². The molecule has 2 N–H and O–H groups in total. The molecule has 0 radical (unpaired) electrons. The van der Waals surface area contributed by atoms with E-state index >= 15 is 0 Å². The Labute approximate surface area is 167 Å². The number of H-pyrrole nitrogens is 1. The molecule has 2 aromatic carbocycles. The number of halogens is 1. The summed E-state index contributed by atoms with van der Waals surface area (Å²) in [6.07, 6.45) is 3.01. The van der Waals surface area contributed by atoms with Crippen LogP contribution in [0.25, 0.3) is 10.9 Å². The zero-order valence-electron chi connectivity index (χ0n) is 15.1. The van der Waals surface area contributed by atoms with Crippen LogP contribution in [-0.2, 0) is 4.79 Å². The highest BCUT2D eigenvalue weighted by Crippen LogP contribution is 2.37. The smallest absolute Gasteiger partial charge is 0.329 e. The average molecular weight is 395 g/mol. The fourth-order valence-electron chi connectivity index (χ4n) is 4.27. The lowest BCUT2D eigenvalue weighted by atomic mass is 9.87. The molecule has 3 amide bonds. The predicted octanol–water partition coefficient (Wildman–Crippen LogP) is 3.92. The highest BCUT2D eigenvalue weighted by molar-refractivity contribution is 6.32. The van der Waals surface area contributed by atoms with Crippen LogP contribution >= 0.6 is 11.6 Å². The number of rotatable bonds is 2. The van der Waals surface area contributed by atoms with Gasteiger partial charge in [0, 0.05) is 40.9 Å². The number of piperidine rings is 1. The molecular formula is C21H19ClN4O2. The van der Waals surface area contributed by atoms with E-state index in [4.69, 9.17) is 11.6 Å². The van der Waals surface area contributed by atoms with Crippen LogP contribution in [0.3, 0.4) is 0 Å². The third kappa shape index (κ3) is 2.56. The Hall–Kier alpha value is -2.99. The molecule has 0 saturated carbocycles. The van der Waals surface area contributed by atoms with Crippen molar-refractivity contribution in [3.63, 3.8) is 0 Å². The van der Waals surface area contributed by atoms with Crippen LogP contribution < -0.4 is 15.1 Å². The van der Waals surface area contributed by atoms with Gasteiger partial charge >= 0.3 is 6.03 Å². The monoisotopic (exact) mass is 394 g/mol. The SMILES string of the molecule is O=C1NC2(CCN(c3cc(Cl)cc4[nH]ccc34)CC2)C(=O)N1c1ccccc1. The number of hydrogen-bond acceptors (Lipinski definition) is 3. The van der Waals surface area contributed by atoms with Gasteiger partial charge in [0.25, 0.3) is 5.91 Å². The van der Waals surface area contributed by atoms with Gasteiger partial charge in [0.2, 0.25) is 0 Å². The van der Waals surface area contributed by atoms with Crippen molar-refractivity contribution in [2.75, 3.05) is 22.9 Å². The van der Waals surface area contributed by atoms with Crippen LogP contribution in [0.1, 0.15) is 12.8 Å². The maximum atomic E-state index is 13.2. The van der Waals surface area contributed by atoms with Gasteiger partial charge in [-0.3, -0.25) is 4.79 Å². The average Bonchev–Trinajstić information content (AvgIpc) is 3.25. The predicted molar refractivity (Wildman–Crippen MR) is 110 cm³/mol. The molecule has 2 aliphatic rings. The first kappa shape index (κ1) is 17.1. The highest BCUT2D eigenvalue weighted by Gasteiger charge is 2.52. The number of aromatic amines is 1. The maximum Gasteiger partial charge on any atom is 0.329 e. The van der Waals surface area contributed by atoms with Crippen LogP contribution in [-0.4, -0.2) is 35.6 Å². The molecule has 5 rings (SSSR count). The molecule has 28 heavy (non-hydrogen) atoms. The van der Waals surface area contributed by atoms with E-state index in [1.807, 2.05) is 42.6 Å². The summed E-state index contributed by atoms with van der Waals surface area (Å²) in [5.74, 6) is -0.166. The zero-order chi connectivity index (χ0) is 19.3. The molecule has 0 aliphatic carbocycles. The summed E-state index contributed by atoms with van der Waals surface area (Å²) in [7, 11) is 0. The molecule has 1 spiro atoms. The van der Waals surface area contributed by atoms with E-state index in [-0.39, 0.29) is 11.9 Å². The molecule has 2 fully saturated rings. The van der Waals surface area contributed by atoms with Crippen LogP contribution in [0.4, 0.5) is 16.2 Å². The van der Waals surface area contributed by atoms with Crippen molar-refractivity contribution in [3.05, 3.63) is 59.8 Å². The normalized spacial score (nSPS) is 18.9. The lowest BCUT2D eigenvalue weighted by Gasteiger charge is -2.38. The van der Waals surface area contributed by atoms with E-state index < -0.39 is 5.54 Å². The van der Waals surface area contributed by atoms with Gasteiger partial charge in [0.05, 0.1) is 5.69 Å². The molecule has 3 heterocycles. The van der Waals surface area contributed by atoms with Gasteiger partial charge in [-0.25, -0.2) is 9.69 Å². The Balaban J connectivity index is 1.40. The number of fused-ring (bicyclic) bond motifs is 1. The van der Waals surface area contributed by atoms with Crippen LogP contribution in [0.2, 0.25) is 5.02 Å². The molecule has 3 aromatic rings. The van der Waals surface area contributed by atoms with Crippen molar-refractivity contribution in [2.45, 2.75) is 18.4 Å². The molecule has 1 aromatic heterocycles. The van der Waals surface area contributed by atoms with E-state index in [1.165, 1.54) is 4.90 Å².